The molecule has 0 atom stereocenters. The quantitative estimate of drug-likeness (QED) is 0.669. The summed E-state index contributed by atoms with van der Waals surface area (Å²) in [6.45, 7) is 2.27. The van der Waals surface area contributed by atoms with E-state index in [0.29, 0.717) is 0 Å². The van der Waals surface area contributed by atoms with Gasteiger partial charge in [0.25, 0.3) is 0 Å². The number of hydrogen-bond donors (Lipinski definition) is 1. The molecule has 1 fully saturated rings. The summed E-state index contributed by atoms with van der Waals surface area (Å²) in [4.78, 5) is 14.1. The second-order valence-corrected chi connectivity index (χ2v) is 10.8. The van der Waals surface area contributed by atoms with Crippen LogP contribution in [0.4, 0.5) is 0 Å². The molecule has 0 aliphatic carbocycles. The van der Waals surface area contributed by atoms with Gasteiger partial charge in [-0.05, 0) is 30.7 Å². The first-order valence-corrected chi connectivity index (χ1v) is 12.7. The number of hydrogen-bond acceptors (Lipinski definition) is 5. The minimum atomic E-state index is -3.78. The highest BCUT2D eigenvalue weighted by Gasteiger charge is 2.30. The first-order chi connectivity index (χ1) is 14.7. The van der Waals surface area contributed by atoms with Crippen LogP contribution in [0.1, 0.15) is 11.1 Å². The Morgan fingerprint density at radius 3 is 2.16 bits per heavy atom. The van der Waals surface area contributed by atoms with Gasteiger partial charge in [0.2, 0.25) is 26.0 Å². The molecule has 166 valence electrons. The molecule has 1 saturated heterocycles. The summed E-state index contributed by atoms with van der Waals surface area (Å²) in [5, 5.41) is 1.02. The Balaban J connectivity index is 1.51. The fourth-order valence-electron chi connectivity index (χ4n) is 3.09. The number of aryl methyl sites for hydroxylation is 1. The Bertz CT molecular complexity index is 1140. The van der Waals surface area contributed by atoms with Crippen molar-refractivity contribution < 1.29 is 21.6 Å². The van der Waals surface area contributed by atoms with Crippen LogP contribution in [0, 0.1) is 6.92 Å². The van der Waals surface area contributed by atoms with Gasteiger partial charge < -0.3 is 4.90 Å². The van der Waals surface area contributed by atoms with Crippen molar-refractivity contribution >= 4 is 32.0 Å². The first-order valence-electron chi connectivity index (χ1n) is 9.75. The molecule has 0 saturated carbocycles. The minimum absolute atomic E-state index is 0.156. The van der Waals surface area contributed by atoms with E-state index in [4.69, 9.17) is 0 Å². The molecular formula is C21H25N3O5S2. The predicted molar refractivity (Wildman–Crippen MR) is 119 cm³/mol. The summed E-state index contributed by atoms with van der Waals surface area (Å²) in [5.41, 5.74) is 1.80. The first kappa shape index (κ1) is 23.1. The van der Waals surface area contributed by atoms with Crippen LogP contribution in [-0.4, -0.2) is 64.7 Å². The zero-order valence-corrected chi connectivity index (χ0v) is 18.8. The second-order valence-electron chi connectivity index (χ2n) is 7.18. The number of carbonyl (C=O) groups is 1. The number of nitrogens with zero attached hydrogens (tertiary/aromatic N) is 2. The molecule has 3 rings (SSSR count). The molecular weight excluding hydrogens is 438 g/mol. The van der Waals surface area contributed by atoms with Gasteiger partial charge in [-0.1, -0.05) is 48.0 Å². The number of benzene rings is 2. The van der Waals surface area contributed by atoms with Crippen molar-refractivity contribution in [2.45, 2.75) is 11.8 Å². The molecule has 8 nitrogen and oxygen atoms in total. The van der Waals surface area contributed by atoms with Crippen molar-refractivity contribution in [2.75, 3.05) is 32.7 Å². The fraction of sp³-hybridized carbons (Fsp3) is 0.286. The third-order valence-corrected chi connectivity index (χ3v) is 7.87. The average molecular weight is 464 g/mol. The van der Waals surface area contributed by atoms with E-state index in [2.05, 4.69) is 4.72 Å². The van der Waals surface area contributed by atoms with E-state index in [-0.39, 0.29) is 37.6 Å². The van der Waals surface area contributed by atoms with E-state index in [1.807, 2.05) is 19.1 Å². The highest BCUT2D eigenvalue weighted by Crippen LogP contribution is 2.17. The molecule has 1 N–H and O–H groups in total. The molecule has 0 bridgehead atoms. The lowest BCUT2D eigenvalue weighted by atomic mass is 10.2. The van der Waals surface area contributed by atoms with Crippen LogP contribution in [0.3, 0.4) is 0 Å². The van der Waals surface area contributed by atoms with E-state index in [0.717, 1.165) is 16.5 Å². The molecule has 10 heteroatoms. The van der Waals surface area contributed by atoms with Gasteiger partial charge in [0.15, 0.2) is 0 Å². The molecule has 2 aromatic rings. The molecule has 31 heavy (non-hydrogen) atoms. The van der Waals surface area contributed by atoms with Crippen molar-refractivity contribution in [3.8, 4) is 0 Å². The molecule has 2 aromatic carbocycles. The van der Waals surface area contributed by atoms with Crippen molar-refractivity contribution in [3.05, 3.63) is 71.1 Å². The van der Waals surface area contributed by atoms with E-state index < -0.39 is 26.0 Å². The zero-order chi connectivity index (χ0) is 22.5. The van der Waals surface area contributed by atoms with Crippen LogP contribution in [0.25, 0.3) is 6.08 Å². The SMILES string of the molecule is Cc1ccc(C=CS(=O)(=O)NCC(=O)N2CCN(S(=O)(=O)c3ccccc3)CC2)cc1. The maximum atomic E-state index is 12.7. The van der Waals surface area contributed by atoms with Crippen LogP contribution in [-0.2, 0) is 24.8 Å². The highest BCUT2D eigenvalue weighted by atomic mass is 32.2. The Labute approximate surface area is 183 Å². The van der Waals surface area contributed by atoms with Crippen LogP contribution in [0.5, 0.6) is 0 Å². The third-order valence-electron chi connectivity index (χ3n) is 4.91. The largest absolute Gasteiger partial charge is 0.339 e. The number of rotatable bonds is 7. The fourth-order valence-corrected chi connectivity index (χ4v) is 5.29. The summed E-state index contributed by atoms with van der Waals surface area (Å²) in [6.07, 6.45) is 1.46. The lowest BCUT2D eigenvalue weighted by molar-refractivity contribution is -0.131. The summed E-state index contributed by atoms with van der Waals surface area (Å²) < 4.78 is 53.2. The Morgan fingerprint density at radius 2 is 1.55 bits per heavy atom. The van der Waals surface area contributed by atoms with Gasteiger partial charge in [0, 0.05) is 31.6 Å². The zero-order valence-electron chi connectivity index (χ0n) is 17.1. The highest BCUT2D eigenvalue weighted by molar-refractivity contribution is 7.92. The lowest BCUT2D eigenvalue weighted by Gasteiger charge is -2.34. The number of piperazine rings is 1. The van der Waals surface area contributed by atoms with Gasteiger partial charge in [-0.3, -0.25) is 4.79 Å². The Morgan fingerprint density at radius 1 is 0.935 bits per heavy atom. The summed E-state index contributed by atoms with van der Waals surface area (Å²) in [7, 11) is -7.39. The molecule has 1 aliphatic heterocycles. The number of sulfonamides is 2. The van der Waals surface area contributed by atoms with Crippen molar-refractivity contribution in [3.63, 3.8) is 0 Å². The Hall–Kier alpha value is -2.53. The summed E-state index contributed by atoms with van der Waals surface area (Å²) in [5.74, 6) is -0.399. The van der Waals surface area contributed by atoms with Crippen LogP contribution in [0.2, 0.25) is 0 Å². The molecule has 0 radical (unpaired) electrons. The van der Waals surface area contributed by atoms with Crippen molar-refractivity contribution in [1.29, 1.82) is 0 Å². The maximum Gasteiger partial charge on any atom is 0.243 e. The Kier molecular flexibility index (Phi) is 7.26. The molecule has 0 aromatic heterocycles. The molecule has 0 spiro atoms. The number of amides is 1. The monoisotopic (exact) mass is 463 g/mol. The molecule has 0 unspecified atom stereocenters. The van der Waals surface area contributed by atoms with E-state index in [9.17, 15) is 21.6 Å². The van der Waals surface area contributed by atoms with E-state index >= 15 is 0 Å². The minimum Gasteiger partial charge on any atom is -0.339 e. The molecule has 1 amide bonds. The van der Waals surface area contributed by atoms with Gasteiger partial charge in [0.05, 0.1) is 11.4 Å². The van der Waals surface area contributed by atoms with Gasteiger partial charge in [-0.25, -0.2) is 21.6 Å². The van der Waals surface area contributed by atoms with Crippen molar-refractivity contribution in [1.82, 2.24) is 13.9 Å². The predicted octanol–water partition coefficient (Wildman–Crippen LogP) is 1.42. The lowest BCUT2D eigenvalue weighted by Crippen LogP contribution is -2.52. The smallest absolute Gasteiger partial charge is 0.243 e. The van der Waals surface area contributed by atoms with Gasteiger partial charge in [-0.2, -0.15) is 4.31 Å². The topological polar surface area (TPSA) is 104 Å². The van der Waals surface area contributed by atoms with E-state index in [1.165, 1.54) is 27.4 Å². The summed E-state index contributed by atoms with van der Waals surface area (Å²) in [6, 6.07) is 15.5. The average Bonchev–Trinajstić information content (AvgIpc) is 2.78. The number of nitrogens with one attached hydrogen (secondary N) is 1. The molecule has 1 heterocycles. The van der Waals surface area contributed by atoms with Crippen LogP contribution >= 0.6 is 0 Å². The van der Waals surface area contributed by atoms with Crippen molar-refractivity contribution in [2.24, 2.45) is 0 Å². The molecule has 1 aliphatic rings. The third kappa shape index (κ3) is 6.23. The number of carbonyl (C=O) groups excluding carboxylic acids is 1. The van der Waals surface area contributed by atoms with Gasteiger partial charge in [-0.15, -0.1) is 0 Å². The van der Waals surface area contributed by atoms with Crippen LogP contribution < -0.4 is 4.72 Å². The maximum absolute atomic E-state index is 12.7. The standard InChI is InChI=1S/C21H25N3O5S2/c1-18-7-9-19(10-8-18)11-16-30(26,27)22-17-21(25)23-12-14-24(15-13-23)31(28,29)20-5-3-2-4-6-20/h2-11,16,22H,12-15,17H2,1H3. The normalized spacial score (nSPS) is 16.0. The van der Waals surface area contributed by atoms with Gasteiger partial charge >= 0.3 is 0 Å². The van der Waals surface area contributed by atoms with Gasteiger partial charge in [0.1, 0.15) is 0 Å². The second kappa shape index (κ2) is 9.73. The van der Waals surface area contributed by atoms with Crippen LogP contribution in [0.15, 0.2) is 64.9 Å². The van der Waals surface area contributed by atoms with E-state index in [1.54, 1.807) is 30.3 Å². The summed E-state index contributed by atoms with van der Waals surface area (Å²) >= 11 is 0.